The Labute approximate surface area is 423 Å². The Balaban J connectivity index is 4.01. The van der Waals surface area contributed by atoms with Crippen LogP contribution in [0.15, 0.2) is 0 Å². The van der Waals surface area contributed by atoms with Crippen LogP contribution in [-0.2, 0) is 18.4 Å². The molecule has 0 saturated carbocycles. The van der Waals surface area contributed by atoms with Gasteiger partial charge in [-0.2, -0.15) is 0 Å². The van der Waals surface area contributed by atoms with Gasteiger partial charge in [0.1, 0.15) is 19.3 Å². The van der Waals surface area contributed by atoms with Crippen molar-refractivity contribution in [2.24, 2.45) is 0 Å². The van der Waals surface area contributed by atoms with Gasteiger partial charge in [0, 0.05) is 6.42 Å². The predicted molar refractivity (Wildman–Crippen MR) is 292 cm³/mol. The Kier molecular flexibility index (Phi) is 49.6. The Bertz CT molecular complexity index is 1090. The van der Waals surface area contributed by atoms with E-state index in [0.717, 1.165) is 38.5 Å². The van der Waals surface area contributed by atoms with Crippen molar-refractivity contribution in [1.82, 2.24) is 5.32 Å². The third kappa shape index (κ3) is 50.4. The molecule has 0 radical (unpaired) electrons. The van der Waals surface area contributed by atoms with Crippen LogP contribution in [0.25, 0.3) is 0 Å². The van der Waals surface area contributed by atoms with Crippen LogP contribution < -0.4 is 5.32 Å². The number of nitrogens with zero attached hydrogens (tertiary/aromatic N) is 1. The molecular weight excluding hydrogens is 868 g/mol. The zero-order valence-corrected chi connectivity index (χ0v) is 47.1. The van der Waals surface area contributed by atoms with Crippen LogP contribution in [0.5, 0.6) is 0 Å². The highest BCUT2D eigenvalue weighted by Gasteiger charge is 2.32. The zero-order valence-electron chi connectivity index (χ0n) is 46.2. The lowest BCUT2D eigenvalue weighted by molar-refractivity contribution is -0.870. The second-order valence-electron chi connectivity index (χ2n) is 22.2. The van der Waals surface area contributed by atoms with Crippen LogP contribution in [0.3, 0.4) is 0 Å². The maximum atomic E-state index is 13.0. The Morgan fingerprint density at radius 1 is 0.456 bits per heavy atom. The zero-order chi connectivity index (χ0) is 50.1. The van der Waals surface area contributed by atoms with Crippen LogP contribution in [0.1, 0.15) is 309 Å². The third-order valence-electron chi connectivity index (χ3n) is 14.2. The molecule has 0 heterocycles. The number of aliphatic hydroxyl groups is 2. The number of hydrogen-bond donors (Lipinski definition) is 4. The van der Waals surface area contributed by atoms with Crippen LogP contribution >= 0.6 is 7.82 Å². The van der Waals surface area contributed by atoms with E-state index in [1.165, 1.54) is 244 Å². The Hall–Kier alpha value is -0.540. The minimum absolute atomic E-state index is 0.0259. The topological polar surface area (TPSA) is 125 Å². The fraction of sp³-hybridized carbons (Fsp3) is 0.983. The van der Waals surface area contributed by atoms with Gasteiger partial charge in [-0.3, -0.25) is 13.8 Å². The number of phosphoric acid groups is 1. The van der Waals surface area contributed by atoms with Crippen molar-refractivity contribution < 1.29 is 38.0 Å². The van der Waals surface area contributed by atoms with E-state index in [-0.39, 0.29) is 12.5 Å². The number of unbranched alkanes of at least 4 members (excludes halogenated alkanes) is 42. The lowest BCUT2D eigenvalue weighted by Crippen LogP contribution is -2.51. The smallest absolute Gasteiger partial charge is 0.390 e. The minimum atomic E-state index is -4.41. The van der Waals surface area contributed by atoms with Gasteiger partial charge >= 0.3 is 7.82 Å². The molecular formula is C58H120N2O7P+. The Morgan fingerprint density at radius 3 is 1.03 bits per heavy atom. The molecule has 0 spiro atoms. The third-order valence-corrected chi connectivity index (χ3v) is 15.2. The molecule has 0 saturated heterocycles. The summed E-state index contributed by atoms with van der Waals surface area (Å²) in [4.78, 5) is 23.3. The van der Waals surface area contributed by atoms with Crippen molar-refractivity contribution in [3.05, 3.63) is 0 Å². The van der Waals surface area contributed by atoms with E-state index in [2.05, 4.69) is 19.2 Å². The molecule has 0 aliphatic heterocycles. The van der Waals surface area contributed by atoms with E-state index in [1.54, 1.807) is 0 Å². The normalized spacial score (nSPS) is 14.3. The molecule has 4 unspecified atom stereocenters. The number of phosphoric ester groups is 1. The average Bonchev–Trinajstić information content (AvgIpc) is 3.30. The number of nitrogens with one attached hydrogen (secondary N) is 1. The summed E-state index contributed by atoms with van der Waals surface area (Å²) in [5.74, 6) is -0.250. The maximum Gasteiger partial charge on any atom is 0.472 e. The molecule has 4 atom stereocenters. The highest BCUT2D eigenvalue weighted by Crippen LogP contribution is 2.43. The predicted octanol–water partition coefficient (Wildman–Crippen LogP) is 17.0. The summed E-state index contributed by atoms with van der Waals surface area (Å²) in [6, 6.07) is -1.03. The average molecular weight is 989 g/mol. The fourth-order valence-corrected chi connectivity index (χ4v) is 10.2. The number of aliphatic hydroxyl groups excluding tert-OH is 2. The first-order valence-corrected chi connectivity index (χ1v) is 31.5. The number of likely N-dealkylation sites (N-methyl/N-ethyl adjacent to an activating group) is 1. The SMILES string of the molecule is CCCCCCCCCCCCCCCCCCCCCCCCCCCCCCCCCCC(=O)NC(COP(=O)(O)OCC[N+](C)(C)C)C(O)C(O)CCCCCCCCCCCCCC. The van der Waals surface area contributed by atoms with Crippen molar-refractivity contribution in [1.29, 1.82) is 0 Å². The minimum Gasteiger partial charge on any atom is -0.390 e. The molecule has 408 valence electrons. The number of rotatable bonds is 56. The number of amides is 1. The Morgan fingerprint density at radius 2 is 0.735 bits per heavy atom. The lowest BCUT2D eigenvalue weighted by Gasteiger charge is -2.28. The summed E-state index contributed by atoms with van der Waals surface area (Å²) in [5, 5.41) is 24.8. The molecule has 9 nitrogen and oxygen atoms in total. The second-order valence-corrected chi connectivity index (χ2v) is 23.7. The summed E-state index contributed by atoms with van der Waals surface area (Å²) in [5.41, 5.74) is 0. The first-order chi connectivity index (χ1) is 32.9. The number of quaternary nitrogens is 1. The number of carbonyl (C=O) groups excluding carboxylic acids is 1. The molecule has 1 amide bonds. The van der Waals surface area contributed by atoms with Crippen molar-refractivity contribution in [3.8, 4) is 0 Å². The highest BCUT2D eigenvalue weighted by molar-refractivity contribution is 7.47. The van der Waals surface area contributed by atoms with Gasteiger partial charge in [0.25, 0.3) is 0 Å². The largest absolute Gasteiger partial charge is 0.472 e. The summed E-state index contributed by atoms with van der Waals surface area (Å²) >= 11 is 0. The molecule has 0 aromatic heterocycles. The first-order valence-electron chi connectivity index (χ1n) is 30.0. The van der Waals surface area contributed by atoms with Gasteiger partial charge in [-0.1, -0.05) is 290 Å². The first kappa shape index (κ1) is 67.5. The number of carbonyl (C=O) groups is 1. The van der Waals surface area contributed by atoms with Crippen LogP contribution in [0, 0.1) is 0 Å². The molecule has 68 heavy (non-hydrogen) atoms. The van der Waals surface area contributed by atoms with Gasteiger partial charge in [0.15, 0.2) is 0 Å². The molecule has 0 aliphatic rings. The molecule has 0 aromatic carbocycles. The van der Waals surface area contributed by atoms with Crippen LogP contribution in [-0.4, -0.2) is 84.6 Å². The van der Waals surface area contributed by atoms with E-state index in [9.17, 15) is 24.5 Å². The van der Waals surface area contributed by atoms with Gasteiger partial charge < -0.3 is 24.9 Å². The van der Waals surface area contributed by atoms with Gasteiger partial charge in [0.2, 0.25) is 5.91 Å². The fourth-order valence-electron chi connectivity index (χ4n) is 9.44. The molecule has 0 aliphatic carbocycles. The highest BCUT2D eigenvalue weighted by atomic mass is 31.2. The molecule has 4 N–H and O–H groups in total. The van der Waals surface area contributed by atoms with Crippen LogP contribution in [0.4, 0.5) is 0 Å². The van der Waals surface area contributed by atoms with E-state index >= 15 is 0 Å². The van der Waals surface area contributed by atoms with E-state index in [4.69, 9.17) is 9.05 Å². The second kappa shape index (κ2) is 50.0. The maximum absolute atomic E-state index is 13.0. The van der Waals surface area contributed by atoms with Crippen LogP contribution in [0.2, 0.25) is 0 Å². The van der Waals surface area contributed by atoms with Gasteiger partial charge in [-0.05, 0) is 12.8 Å². The molecule has 0 rings (SSSR count). The molecule has 0 bridgehead atoms. The quantitative estimate of drug-likeness (QED) is 0.0272. The van der Waals surface area contributed by atoms with Gasteiger partial charge in [-0.15, -0.1) is 0 Å². The summed E-state index contributed by atoms with van der Waals surface area (Å²) < 4.78 is 23.6. The molecule has 0 fully saturated rings. The molecule has 0 aromatic rings. The standard InChI is InChI=1S/C58H119N2O7P/c1-6-8-10-12-14-16-18-20-21-22-23-24-25-26-27-28-29-30-31-32-33-34-35-36-37-38-39-41-43-45-47-49-51-57(62)59-55(54-67-68(64,65)66-53-52-60(3,4)5)58(63)56(61)50-48-46-44-42-40-19-17-15-13-11-9-7-2/h55-56,58,61,63H,6-54H2,1-5H3,(H-,59,62,64,65)/p+1. The van der Waals surface area contributed by atoms with Crippen molar-refractivity contribution in [3.63, 3.8) is 0 Å². The molecule has 10 heteroatoms. The lowest BCUT2D eigenvalue weighted by atomic mass is 9.99. The van der Waals surface area contributed by atoms with Crippen molar-refractivity contribution in [2.45, 2.75) is 327 Å². The summed E-state index contributed by atoms with van der Waals surface area (Å²) in [6.07, 6.45) is 56.4. The van der Waals surface area contributed by atoms with Crippen molar-refractivity contribution >= 4 is 13.7 Å². The van der Waals surface area contributed by atoms with Crippen molar-refractivity contribution in [2.75, 3.05) is 40.9 Å². The summed E-state index contributed by atoms with van der Waals surface area (Å²) in [7, 11) is 1.45. The monoisotopic (exact) mass is 988 g/mol. The van der Waals surface area contributed by atoms with Gasteiger partial charge in [-0.25, -0.2) is 4.57 Å². The van der Waals surface area contributed by atoms with E-state index in [1.807, 2.05) is 21.1 Å². The van der Waals surface area contributed by atoms with E-state index in [0.29, 0.717) is 23.9 Å². The van der Waals surface area contributed by atoms with Gasteiger partial charge in [0.05, 0.1) is 39.9 Å². The summed E-state index contributed by atoms with van der Waals surface area (Å²) in [6.45, 7) is 4.65. The van der Waals surface area contributed by atoms with E-state index < -0.39 is 32.7 Å². The number of hydrogen-bond acceptors (Lipinski definition) is 6.